The number of allylic oxidation sites excluding steroid dienone is 1. The second-order valence-electron chi connectivity index (χ2n) is 6.57. The Morgan fingerprint density at radius 1 is 1.11 bits per heavy atom. The molecule has 0 radical (unpaired) electrons. The lowest BCUT2D eigenvalue weighted by Crippen LogP contribution is -2.45. The Bertz CT molecular complexity index is 1010. The van der Waals surface area contributed by atoms with E-state index in [-0.39, 0.29) is 11.9 Å². The average molecular weight is 372 g/mol. The fourth-order valence-corrected chi connectivity index (χ4v) is 3.31. The van der Waals surface area contributed by atoms with Crippen molar-refractivity contribution in [3.8, 4) is 0 Å². The number of anilines is 1. The first-order chi connectivity index (χ1) is 13.7. The summed E-state index contributed by atoms with van der Waals surface area (Å²) in [5.74, 6) is -0.233. The SMILES string of the molecule is O=C1Nc2ccccc2/C(c2ccccc2)=C\CCC1NC(=O)n1ccnc1. The molecule has 2 heterocycles. The fraction of sp³-hybridized carbons (Fsp3) is 0.136. The van der Waals surface area contributed by atoms with Crippen molar-refractivity contribution < 1.29 is 9.59 Å². The number of fused-ring (bicyclic) bond motifs is 1. The van der Waals surface area contributed by atoms with Crippen LogP contribution < -0.4 is 10.6 Å². The van der Waals surface area contributed by atoms with Crippen LogP contribution in [-0.2, 0) is 4.79 Å². The molecule has 2 aromatic carbocycles. The van der Waals surface area contributed by atoms with Gasteiger partial charge in [0.15, 0.2) is 0 Å². The number of aromatic nitrogens is 2. The van der Waals surface area contributed by atoms with E-state index in [9.17, 15) is 9.59 Å². The van der Waals surface area contributed by atoms with Gasteiger partial charge in [-0.3, -0.25) is 9.36 Å². The van der Waals surface area contributed by atoms with E-state index in [1.165, 1.54) is 17.1 Å². The number of nitrogens with zero attached hydrogens (tertiary/aromatic N) is 2. The van der Waals surface area contributed by atoms with Crippen molar-refractivity contribution in [2.45, 2.75) is 18.9 Å². The number of para-hydroxylation sites is 1. The van der Waals surface area contributed by atoms with E-state index in [1.54, 1.807) is 6.20 Å². The van der Waals surface area contributed by atoms with Crippen LogP contribution in [-0.4, -0.2) is 27.5 Å². The molecule has 0 fully saturated rings. The van der Waals surface area contributed by atoms with Crippen LogP contribution in [0.5, 0.6) is 0 Å². The number of nitrogens with one attached hydrogen (secondary N) is 2. The smallest absolute Gasteiger partial charge is 0.326 e. The van der Waals surface area contributed by atoms with Gasteiger partial charge in [0.1, 0.15) is 12.4 Å². The summed E-state index contributed by atoms with van der Waals surface area (Å²) in [6.45, 7) is 0. The summed E-state index contributed by atoms with van der Waals surface area (Å²) in [4.78, 5) is 29.1. The zero-order valence-corrected chi connectivity index (χ0v) is 15.2. The third kappa shape index (κ3) is 3.71. The largest absolute Gasteiger partial charge is 0.327 e. The maximum absolute atomic E-state index is 12.9. The maximum Gasteiger partial charge on any atom is 0.327 e. The van der Waals surface area contributed by atoms with E-state index in [0.717, 1.165) is 22.4 Å². The summed E-state index contributed by atoms with van der Waals surface area (Å²) in [6.07, 6.45) is 7.76. The van der Waals surface area contributed by atoms with Crippen molar-refractivity contribution in [3.05, 3.63) is 90.5 Å². The number of hydrogen-bond donors (Lipinski definition) is 2. The molecule has 1 atom stereocenters. The van der Waals surface area contributed by atoms with Gasteiger partial charge < -0.3 is 10.6 Å². The van der Waals surface area contributed by atoms with E-state index in [1.807, 2.05) is 42.5 Å². The van der Waals surface area contributed by atoms with Crippen LogP contribution in [0.3, 0.4) is 0 Å². The third-order valence-corrected chi connectivity index (χ3v) is 4.72. The molecule has 3 aromatic rings. The average Bonchev–Trinajstić information content (AvgIpc) is 3.27. The summed E-state index contributed by atoms with van der Waals surface area (Å²) in [5.41, 5.74) is 3.85. The summed E-state index contributed by atoms with van der Waals surface area (Å²) in [6, 6.07) is 16.8. The van der Waals surface area contributed by atoms with Crippen LogP contribution >= 0.6 is 0 Å². The zero-order chi connectivity index (χ0) is 19.3. The predicted molar refractivity (Wildman–Crippen MR) is 108 cm³/mol. The molecule has 2 amide bonds. The fourth-order valence-electron chi connectivity index (χ4n) is 3.31. The molecular weight excluding hydrogens is 352 g/mol. The van der Waals surface area contributed by atoms with E-state index in [0.29, 0.717) is 12.8 Å². The first-order valence-electron chi connectivity index (χ1n) is 9.17. The molecule has 0 saturated carbocycles. The molecule has 6 nitrogen and oxygen atoms in total. The van der Waals surface area contributed by atoms with Gasteiger partial charge >= 0.3 is 6.03 Å². The molecule has 1 aromatic heterocycles. The Kier molecular flexibility index (Phi) is 5.01. The minimum Gasteiger partial charge on any atom is -0.326 e. The monoisotopic (exact) mass is 372 g/mol. The highest BCUT2D eigenvalue weighted by Gasteiger charge is 2.24. The van der Waals surface area contributed by atoms with Gasteiger partial charge in [0.05, 0.1) is 0 Å². The molecule has 0 spiro atoms. The van der Waals surface area contributed by atoms with Crippen molar-refractivity contribution in [2.24, 2.45) is 0 Å². The van der Waals surface area contributed by atoms with Crippen molar-refractivity contribution in [1.82, 2.24) is 14.9 Å². The van der Waals surface area contributed by atoms with E-state index < -0.39 is 6.04 Å². The lowest BCUT2D eigenvalue weighted by Gasteiger charge is -2.18. The second-order valence-corrected chi connectivity index (χ2v) is 6.57. The summed E-state index contributed by atoms with van der Waals surface area (Å²) < 4.78 is 1.32. The first-order valence-corrected chi connectivity index (χ1v) is 9.17. The zero-order valence-electron chi connectivity index (χ0n) is 15.2. The van der Waals surface area contributed by atoms with Crippen molar-refractivity contribution in [3.63, 3.8) is 0 Å². The molecule has 1 aliphatic heterocycles. The Hall–Kier alpha value is -3.67. The lowest BCUT2D eigenvalue weighted by molar-refractivity contribution is -0.118. The number of rotatable bonds is 2. The van der Waals surface area contributed by atoms with Gasteiger partial charge in [-0.05, 0) is 30.0 Å². The van der Waals surface area contributed by atoms with Gasteiger partial charge in [0.2, 0.25) is 5.91 Å². The van der Waals surface area contributed by atoms with E-state index in [2.05, 4.69) is 33.8 Å². The van der Waals surface area contributed by atoms with E-state index in [4.69, 9.17) is 0 Å². The number of amides is 2. The highest BCUT2D eigenvalue weighted by Crippen LogP contribution is 2.31. The molecule has 28 heavy (non-hydrogen) atoms. The molecule has 0 bridgehead atoms. The molecule has 6 heteroatoms. The topological polar surface area (TPSA) is 76.0 Å². The Labute approximate surface area is 162 Å². The first kappa shape index (κ1) is 17.7. The number of hydrogen-bond acceptors (Lipinski definition) is 3. The quantitative estimate of drug-likeness (QED) is 0.721. The molecule has 0 saturated heterocycles. The third-order valence-electron chi connectivity index (χ3n) is 4.72. The highest BCUT2D eigenvalue weighted by atomic mass is 16.2. The van der Waals surface area contributed by atoms with Gasteiger partial charge in [-0.2, -0.15) is 0 Å². The molecule has 140 valence electrons. The summed E-state index contributed by atoms with van der Waals surface area (Å²) in [7, 11) is 0. The minimum atomic E-state index is -0.644. The molecule has 4 rings (SSSR count). The van der Waals surface area contributed by atoms with E-state index >= 15 is 0 Å². The van der Waals surface area contributed by atoms with Gasteiger partial charge in [0.25, 0.3) is 0 Å². The van der Waals surface area contributed by atoms with Crippen molar-refractivity contribution in [1.29, 1.82) is 0 Å². The maximum atomic E-state index is 12.9. The Morgan fingerprint density at radius 3 is 2.68 bits per heavy atom. The van der Waals surface area contributed by atoms with Gasteiger partial charge in [-0.25, -0.2) is 9.78 Å². The number of benzene rings is 2. The summed E-state index contributed by atoms with van der Waals surface area (Å²) in [5, 5.41) is 5.78. The van der Waals surface area contributed by atoms with Crippen LogP contribution in [0.15, 0.2) is 79.4 Å². The highest BCUT2D eigenvalue weighted by molar-refractivity contribution is 6.00. The van der Waals surface area contributed by atoms with Crippen LogP contribution in [0.25, 0.3) is 5.57 Å². The van der Waals surface area contributed by atoms with Crippen LogP contribution in [0.2, 0.25) is 0 Å². The van der Waals surface area contributed by atoms with Crippen LogP contribution in [0.4, 0.5) is 10.5 Å². The molecule has 2 N–H and O–H groups in total. The summed E-state index contributed by atoms with van der Waals surface area (Å²) >= 11 is 0. The van der Waals surface area contributed by atoms with Gasteiger partial charge in [0, 0.05) is 23.6 Å². The van der Waals surface area contributed by atoms with Crippen LogP contribution in [0, 0.1) is 0 Å². The normalized spacial score (nSPS) is 18.5. The van der Waals surface area contributed by atoms with Gasteiger partial charge in [-0.1, -0.05) is 54.6 Å². The number of imidazole rings is 1. The van der Waals surface area contributed by atoms with Gasteiger partial charge in [-0.15, -0.1) is 0 Å². The van der Waals surface area contributed by atoms with Crippen molar-refractivity contribution >= 4 is 23.2 Å². The second kappa shape index (κ2) is 7.92. The van der Waals surface area contributed by atoms with Crippen LogP contribution in [0.1, 0.15) is 24.0 Å². The van der Waals surface area contributed by atoms with Crippen molar-refractivity contribution in [2.75, 3.05) is 5.32 Å². The number of carbonyl (C=O) groups excluding carboxylic acids is 2. The number of carbonyl (C=O) groups is 2. The Morgan fingerprint density at radius 2 is 1.89 bits per heavy atom. The standard InChI is InChI=1S/C22H20N4O2/c27-21-20(25-22(28)26-14-13-23-15-26)12-6-10-17(16-7-2-1-3-8-16)18-9-4-5-11-19(18)24-21/h1-5,7-11,13-15,20H,6,12H2,(H,24,27)(H,25,28)/b17-10-. The lowest BCUT2D eigenvalue weighted by atomic mass is 9.95. The Balaban J connectivity index is 1.66. The molecule has 0 aliphatic carbocycles. The predicted octanol–water partition coefficient (Wildman–Crippen LogP) is 3.67. The minimum absolute atomic E-state index is 0.233. The molecular formula is C22H20N4O2. The molecule has 1 aliphatic rings. The molecule has 1 unspecified atom stereocenters.